The fraction of sp³-hybridized carbons (Fsp3) is 0.0833. The maximum Gasteiger partial charge on any atom is 0.194 e. The van der Waals surface area contributed by atoms with E-state index in [1.807, 2.05) is 6.07 Å². The number of hydrogen-bond donors (Lipinski definition) is 0. The summed E-state index contributed by atoms with van der Waals surface area (Å²) in [4.78, 5) is 0. The van der Waals surface area contributed by atoms with Crippen LogP contribution in [0, 0.1) is 5.95 Å². The van der Waals surface area contributed by atoms with Gasteiger partial charge in [-0.15, -0.1) is 0 Å². The highest BCUT2D eigenvalue weighted by Gasteiger charge is 2.13. The fourth-order valence-electron chi connectivity index (χ4n) is 4.66. The van der Waals surface area contributed by atoms with Gasteiger partial charge in [0, 0.05) is 47.9 Å². The van der Waals surface area contributed by atoms with Crippen molar-refractivity contribution in [3.8, 4) is 0 Å². The van der Waals surface area contributed by atoms with E-state index >= 15 is 0 Å². The van der Waals surface area contributed by atoms with E-state index < -0.39 is 0 Å². The van der Waals surface area contributed by atoms with Crippen molar-refractivity contribution in [2.24, 2.45) is 14.1 Å². The number of halogens is 1. The van der Waals surface area contributed by atoms with Gasteiger partial charge in [0.25, 0.3) is 0 Å². The highest BCUT2D eigenvalue weighted by molar-refractivity contribution is 6.24. The van der Waals surface area contributed by atoms with Crippen LogP contribution in [0.25, 0.3) is 54.1 Å². The molecule has 0 fully saturated rings. The van der Waals surface area contributed by atoms with E-state index in [2.05, 4.69) is 66.3 Å². The predicted molar refractivity (Wildman–Crippen MR) is 112 cm³/mol. The van der Waals surface area contributed by atoms with Crippen LogP contribution >= 0.6 is 0 Å². The van der Waals surface area contributed by atoms with E-state index in [1.165, 1.54) is 32.4 Å². The van der Waals surface area contributed by atoms with Crippen molar-refractivity contribution in [1.29, 1.82) is 0 Å². The second kappa shape index (κ2) is 4.89. The summed E-state index contributed by atoms with van der Waals surface area (Å²) in [6.45, 7) is 0. The van der Waals surface area contributed by atoms with Crippen molar-refractivity contribution >= 4 is 54.1 Å². The number of benzene rings is 4. The lowest BCUT2D eigenvalue weighted by Gasteiger charge is -2.11. The lowest BCUT2D eigenvalue weighted by atomic mass is 9.95. The van der Waals surface area contributed by atoms with Gasteiger partial charge in [-0.3, -0.25) is 0 Å². The van der Waals surface area contributed by atoms with Gasteiger partial charge in [0.2, 0.25) is 0 Å². The molecular formula is C24H17FN2. The summed E-state index contributed by atoms with van der Waals surface area (Å²) in [5.74, 6) is -0.206. The summed E-state index contributed by atoms with van der Waals surface area (Å²) in [5, 5.41) is 9.40. The van der Waals surface area contributed by atoms with Crippen molar-refractivity contribution in [2.45, 2.75) is 0 Å². The molecule has 0 atom stereocenters. The van der Waals surface area contributed by atoms with Gasteiger partial charge in [-0.25, -0.2) is 0 Å². The molecule has 0 spiro atoms. The summed E-state index contributed by atoms with van der Waals surface area (Å²) >= 11 is 0. The molecule has 0 bridgehead atoms. The zero-order valence-electron chi connectivity index (χ0n) is 15.1. The molecule has 4 aromatic carbocycles. The molecule has 2 nitrogen and oxygen atoms in total. The molecule has 0 unspecified atom stereocenters. The molecule has 2 heterocycles. The second-order valence-corrected chi connectivity index (χ2v) is 7.38. The maximum absolute atomic E-state index is 14.1. The first kappa shape index (κ1) is 14.8. The smallest absolute Gasteiger partial charge is 0.194 e. The van der Waals surface area contributed by atoms with E-state index in [-0.39, 0.29) is 5.95 Å². The maximum atomic E-state index is 14.1. The van der Waals surface area contributed by atoms with Crippen molar-refractivity contribution in [1.82, 2.24) is 9.13 Å². The number of fused-ring (bicyclic) bond motifs is 9. The molecule has 0 aliphatic heterocycles. The van der Waals surface area contributed by atoms with Crippen LogP contribution in [-0.4, -0.2) is 9.13 Å². The van der Waals surface area contributed by atoms with Crippen molar-refractivity contribution in [2.75, 3.05) is 0 Å². The van der Waals surface area contributed by atoms with Crippen LogP contribution in [0.4, 0.5) is 4.39 Å². The highest BCUT2D eigenvalue weighted by atomic mass is 19.1. The molecule has 130 valence electrons. The molecule has 2 aromatic heterocycles. The van der Waals surface area contributed by atoms with E-state index in [9.17, 15) is 4.39 Å². The Morgan fingerprint density at radius 1 is 0.593 bits per heavy atom. The monoisotopic (exact) mass is 352 g/mol. The highest BCUT2D eigenvalue weighted by Crippen LogP contribution is 2.37. The Hall–Kier alpha value is -3.33. The predicted octanol–water partition coefficient (Wildman–Crippen LogP) is 6.27. The summed E-state index contributed by atoms with van der Waals surface area (Å²) < 4.78 is 17.9. The first-order valence-electron chi connectivity index (χ1n) is 9.10. The average Bonchev–Trinajstić information content (AvgIpc) is 3.21. The Labute approximate surface area is 155 Å². The van der Waals surface area contributed by atoms with E-state index in [0.29, 0.717) is 0 Å². The van der Waals surface area contributed by atoms with Crippen molar-refractivity contribution in [3.63, 3.8) is 0 Å². The van der Waals surface area contributed by atoms with E-state index in [0.717, 1.165) is 21.7 Å². The number of rotatable bonds is 0. The number of aromatic nitrogens is 2. The van der Waals surface area contributed by atoms with Crippen LogP contribution < -0.4 is 0 Å². The van der Waals surface area contributed by atoms with Crippen LogP contribution in [0.3, 0.4) is 0 Å². The summed E-state index contributed by atoms with van der Waals surface area (Å²) in [6, 6.07) is 21.0. The van der Waals surface area contributed by atoms with Gasteiger partial charge in [-0.2, -0.15) is 4.39 Å². The van der Waals surface area contributed by atoms with Crippen LogP contribution in [-0.2, 0) is 14.1 Å². The number of aryl methyl sites for hydroxylation is 2. The Balaban J connectivity index is 1.83. The zero-order valence-corrected chi connectivity index (χ0v) is 15.1. The minimum Gasteiger partial charge on any atom is -0.350 e. The lowest BCUT2D eigenvalue weighted by Crippen LogP contribution is -1.92. The van der Waals surface area contributed by atoms with Crippen LogP contribution in [0.2, 0.25) is 0 Å². The van der Waals surface area contributed by atoms with E-state index in [1.54, 1.807) is 17.7 Å². The third-order valence-corrected chi connectivity index (χ3v) is 5.96. The van der Waals surface area contributed by atoms with E-state index in [4.69, 9.17) is 0 Å². The summed E-state index contributed by atoms with van der Waals surface area (Å²) in [6.07, 6.45) is 2.11. The Kier molecular flexibility index (Phi) is 2.68. The molecule has 6 aromatic rings. The molecule has 0 radical (unpaired) electrons. The molecule has 0 saturated heterocycles. The van der Waals surface area contributed by atoms with Crippen LogP contribution in [0.1, 0.15) is 0 Å². The third-order valence-electron chi connectivity index (χ3n) is 5.96. The molecular weight excluding hydrogens is 335 g/mol. The molecule has 0 aliphatic rings. The Bertz CT molecular complexity index is 1550. The molecule has 27 heavy (non-hydrogen) atoms. The number of hydrogen-bond acceptors (Lipinski definition) is 0. The van der Waals surface area contributed by atoms with Gasteiger partial charge in [0.05, 0.1) is 11.0 Å². The van der Waals surface area contributed by atoms with Gasteiger partial charge < -0.3 is 9.13 Å². The minimum absolute atomic E-state index is 0.206. The van der Waals surface area contributed by atoms with Gasteiger partial charge in [0.15, 0.2) is 5.95 Å². The quantitative estimate of drug-likeness (QED) is 0.285. The largest absolute Gasteiger partial charge is 0.350 e. The van der Waals surface area contributed by atoms with Gasteiger partial charge >= 0.3 is 0 Å². The molecule has 0 amide bonds. The normalized spacial score (nSPS) is 12.3. The summed E-state index contributed by atoms with van der Waals surface area (Å²) in [5.41, 5.74) is 2.21. The van der Waals surface area contributed by atoms with Crippen LogP contribution in [0.15, 0.2) is 66.9 Å². The van der Waals surface area contributed by atoms with Gasteiger partial charge in [-0.05, 0) is 27.6 Å². The standard InChI is InChI=1S/C24H17FN2/c1-26-12-11-14-3-5-18-16-8-10-21-19(17(16)7-9-20(18)23(14)26)6-4-15-13-22(25)27(2)24(15)21/h3-13H,1-2H3. The molecule has 0 aliphatic carbocycles. The third kappa shape index (κ3) is 1.78. The van der Waals surface area contributed by atoms with Gasteiger partial charge in [0.1, 0.15) is 0 Å². The molecule has 0 N–H and O–H groups in total. The van der Waals surface area contributed by atoms with Crippen molar-refractivity contribution < 1.29 is 4.39 Å². The average molecular weight is 352 g/mol. The minimum atomic E-state index is -0.206. The molecule has 0 saturated carbocycles. The van der Waals surface area contributed by atoms with Gasteiger partial charge in [-0.1, -0.05) is 48.5 Å². The topological polar surface area (TPSA) is 9.86 Å². The lowest BCUT2D eigenvalue weighted by molar-refractivity contribution is 0.543. The summed E-state index contributed by atoms with van der Waals surface area (Å²) in [7, 11) is 3.88. The van der Waals surface area contributed by atoms with Crippen molar-refractivity contribution in [3.05, 3.63) is 72.8 Å². The zero-order chi connectivity index (χ0) is 18.3. The Morgan fingerprint density at radius 2 is 1.11 bits per heavy atom. The Morgan fingerprint density at radius 3 is 1.81 bits per heavy atom. The molecule has 6 rings (SSSR count). The first-order valence-corrected chi connectivity index (χ1v) is 9.10. The fourth-order valence-corrected chi connectivity index (χ4v) is 4.66. The van der Waals surface area contributed by atoms with Crippen LogP contribution in [0.5, 0.6) is 0 Å². The SMILES string of the molecule is Cn1ccc2ccc3c4ccc5c(ccc6cc(F)n(C)c65)c4ccc3c21. The first-order chi connectivity index (χ1) is 13.1. The second-order valence-electron chi connectivity index (χ2n) is 7.38. The number of nitrogens with zero attached hydrogens (tertiary/aromatic N) is 2. The molecule has 3 heteroatoms.